The Labute approximate surface area is 119 Å². The van der Waals surface area contributed by atoms with Crippen LogP contribution < -0.4 is 5.73 Å². The Hall–Kier alpha value is -0.0900. The van der Waals surface area contributed by atoms with Crippen molar-refractivity contribution in [3.05, 3.63) is 0 Å². The van der Waals surface area contributed by atoms with E-state index in [1.807, 2.05) is 6.92 Å². The van der Waals surface area contributed by atoms with Gasteiger partial charge in [-0.25, -0.2) is 8.42 Å². The van der Waals surface area contributed by atoms with Gasteiger partial charge in [-0.05, 0) is 50.0 Å². The molecule has 2 N–H and O–H groups in total. The molecule has 4 heteroatoms. The average molecular weight is 289 g/mol. The van der Waals surface area contributed by atoms with Crippen LogP contribution >= 0.6 is 0 Å². The van der Waals surface area contributed by atoms with Crippen LogP contribution in [0.15, 0.2) is 0 Å². The minimum absolute atomic E-state index is 0.339. The van der Waals surface area contributed by atoms with Crippen molar-refractivity contribution in [3.63, 3.8) is 0 Å². The summed E-state index contributed by atoms with van der Waals surface area (Å²) in [5.41, 5.74) is 5.86. The van der Waals surface area contributed by atoms with Gasteiger partial charge in [-0.2, -0.15) is 0 Å². The van der Waals surface area contributed by atoms with Gasteiger partial charge in [0.15, 0.2) is 0 Å². The maximum absolute atomic E-state index is 11.8. The quantitative estimate of drug-likeness (QED) is 0.747. The van der Waals surface area contributed by atoms with Crippen LogP contribution in [0.2, 0.25) is 0 Å². The number of rotatable bonds is 8. The second-order valence-electron chi connectivity index (χ2n) is 6.16. The molecule has 19 heavy (non-hydrogen) atoms. The number of sulfone groups is 1. The molecule has 0 radical (unpaired) electrons. The van der Waals surface area contributed by atoms with Crippen molar-refractivity contribution in [2.45, 2.75) is 58.8 Å². The van der Waals surface area contributed by atoms with E-state index in [1.165, 1.54) is 32.1 Å². The molecule has 0 aromatic heterocycles. The molecule has 3 nitrogen and oxygen atoms in total. The van der Waals surface area contributed by atoms with Crippen LogP contribution in [-0.4, -0.2) is 26.5 Å². The molecule has 0 heterocycles. The van der Waals surface area contributed by atoms with Crippen LogP contribution in [0.3, 0.4) is 0 Å². The molecule has 1 saturated carbocycles. The number of hydrogen-bond acceptors (Lipinski definition) is 3. The summed E-state index contributed by atoms with van der Waals surface area (Å²) < 4.78 is 23.7. The van der Waals surface area contributed by atoms with Crippen molar-refractivity contribution in [2.75, 3.05) is 18.1 Å². The molecule has 0 aliphatic heterocycles. The Bertz CT molecular complexity index is 340. The summed E-state index contributed by atoms with van der Waals surface area (Å²) in [6.45, 7) is 4.88. The predicted octanol–water partition coefficient (Wildman–Crippen LogP) is 2.99. The highest BCUT2D eigenvalue weighted by Gasteiger charge is 2.29. The van der Waals surface area contributed by atoms with E-state index in [-0.39, 0.29) is 0 Å². The van der Waals surface area contributed by atoms with Gasteiger partial charge in [0.05, 0.1) is 5.75 Å². The zero-order valence-corrected chi connectivity index (χ0v) is 13.4. The number of hydrogen-bond donors (Lipinski definition) is 1. The Balaban J connectivity index is 2.51. The minimum Gasteiger partial charge on any atom is -0.330 e. The third-order valence-corrected chi connectivity index (χ3v) is 6.45. The molecule has 0 spiro atoms. The summed E-state index contributed by atoms with van der Waals surface area (Å²) in [7, 11) is -2.83. The molecular weight excluding hydrogens is 258 g/mol. The van der Waals surface area contributed by atoms with Crippen LogP contribution in [0, 0.1) is 17.8 Å². The van der Waals surface area contributed by atoms with E-state index < -0.39 is 9.84 Å². The highest BCUT2D eigenvalue weighted by Crippen LogP contribution is 2.37. The van der Waals surface area contributed by atoms with E-state index in [0.29, 0.717) is 23.3 Å². The SMILES string of the molecule is CCCC1CCC(CN)C(CCS(=O)(=O)CCC)C1. The van der Waals surface area contributed by atoms with Crippen molar-refractivity contribution in [1.29, 1.82) is 0 Å². The third kappa shape index (κ3) is 5.82. The zero-order chi connectivity index (χ0) is 14.3. The Morgan fingerprint density at radius 1 is 1.00 bits per heavy atom. The molecule has 114 valence electrons. The van der Waals surface area contributed by atoms with E-state index in [2.05, 4.69) is 6.92 Å². The first kappa shape index (κ1) is 17.0. The molecule has 1 aliphatic carbocycles. The molecule has 0 aromatic carbocycles. The summed E-state index contributed by atoms with van der Waals surface area (Å²) >= 11 is 0. The van der Waals surface area contributed by atoms with E-state index in [9.17, 15) is 8.42 Å². The van der Waals surface area contributed by atoms with Gasteiger partial charge in [0.25, 0.3) is 0 Å². The van der Waals surface area contributed by atoms with Gasteiger partial charge >= 0.3 is 0 Å². The van der Waals surface area contributed by atoms with E-state index in [0.717, 1.165) is 25.3 Å². The van der Waals surface area contributed by atoms with Crippen LogP contribution in [0.5, 0.6) is 0 Å². The van der Waals surface area contributed by atoms with Gasteiger partial charge in [0.1, 0.15) is 9.84 Å². The molecule has 1 fully saturated rings. The molecule has 1 rings (SSSR count). The smallest absolute Gasteiger partial charge is 0.150 e. The fraction of sp³-hybridized carbons (Fsp3) is 1.00. The molecule has 3 atom stereocenters. The zero-order valence-electron chi connectivity index (χ0n) is 12.6. The highest BCUT2D eigenvalue weighted by molar-refractivity contribution is 7.91. The lowest BCUT2D eigenvalue weighted by molar-refractivity contribution is 0.172. The van der Waals surface area contributed by atoms with Crippen LogP contribution in [0.4, 0.5) is 0 Å². The first-order valence-corrected chi connectivity index (χ1v) is 9.75. The second-order valence-corrected chi connectivity index (χ2v) is 8.47. The van der Waals surface area contributed by atoms with Gasteiger partial charge in [-0.15, -0.1) is 0 Å². The summed E-state index contributed by atoms with van der Waals surface area (Å²) in [5.74, 6) is 2.57. The molecule has 3 unspecified atom stereocenters. The van der Waals surface area contributed by atoms with Gasteiger partial charge in [0.2, 0.25) is 0 Å². The molecular formula is C15H31NO2S. The predicted molar refractivity (Wildman–Crippen MR) is 81.8 cm³/mol. The summed E-state index contributed by atoms with van der Waals surface area (Å²) in [6.07, 6.45) is 7.75. The molecule has 0 aromatic rings. The van der Waals surface area contributed by atoms with Crippen molar-refractivity contribution < 1.29 is 8.42 Å². The summed E-state index contributed by atoms with van der Waals surface area (Å²) in [5, 5.41) is 0. The Morgan fingerprint density at radius 2 is 1.74 bits per heavy atom. The highest BCUT2D eigenvalue weighted by atomic mass is 32.2. The average Bonchev–Trinajstić information content (AvgIpc) is 2.37. The monoisotopic (exact) mass is 289 g/mol. The first-order chi connectivity index (χ1) is 9.02. The van der Waals surface area contributed by atoms with Gasteiger partial charge in [-0.3, -0.25) is 0 Å². The maximum atomic E-state index is 11.8. The molecule has 0 saturated heterocycles. The second kappa shape index (κ2) is 8.25. The largest absolute Gasteiger partial charge is 0.330 e. The van der Waals surface area contributed by atoms with Crippen molar-refractivity contribution >= 4 is 9.84 Å². The molecule has 0 amide bonds. The standard InChI is InChI=1S/C15H31NO2S/c1-3-5-13-6-7-15(12-16)14(11-13)8-10-19(17,18)9-4-2/h13-15H,3-12,16H2,1-2H3. The van der Waals surface area contributed by atoms with Gasteiger partial charge in [-0.1, -0.05) is 33.1 Å². The topological polar surface area (TPSA) is 60.2 Å². The van der Waals surface area contributed by atoms with Crippen LogP contribution in [0.25, 0.3) is 0 Å². The number of nitrogens with two attached hydrogens (primary N) is 1. The lowest BCUT2D eigenvalue weighted by Crippen LogP contribution is -2.32. The maximum Gasteiger partial charge on any atom is 0.150 e. The summed E-state index contributed by atoms with van der Waals surface area (Å²) in [6, 6.07) is 0. The molecule has 0 bridgehead atoms. The minimum atomic E-state index is -2.83. The van der Waals surface area contributed by atoms with E-state index in [1.54, 1.807) is 0 Å². The van der Waals surface area contributed by atoms with Crippen LogP contribution in [-0.2, 0) is 9.84 Å². The molecule has 1 aliphatic rings. The normalized spacial score (nSPS) is 28.5. The van der Waals surface area contributed by atoms with Crippen molar-refractivity contribution in [2.24, 2.45) is 23.5 Å². The lowest BCUT2D eigenvalue weighted by Gasteiger charge is -2.35. The first-order valence-electron chi connectivity index (χ1n) is 7.92. The van der Waals surface area contributed by atoms with Crippen molar-refractivity contribution in [1.82, 2.24) is 0 Å². The lowest BCUT2D eigenvalue weighted by atomic mass is 9.72. The Kier molecular flexibility index (Phi) is 7.37. The van der Waals surface area contributed by atoms with E-state index in [4.69, 9.17) is 5.73 Å². The third-order valence-electron chi connectivity index (χ3n) is 4.56. The van der Waals surface area contributed by atoms with Gasteiger partial charge < -0.3 is 5.73 Å². The van der Waals surface area contributed by atoms with Crippen LogP contribution in [0.1, 0.15) is 58.8 Å². The van der Waals surface area contributed by atoms with E-state index >= 15 is 0 Å². The summed E-state index contributed by atoms with van der Waals surface area (Å²) in [4.78, 5) is 0. The Morgan fingerprint density at radius 3 is 2.32 bits per heavy atom. The van der Waals surface area contributed by atoms with Crippen molar-refractivity contribution in [3.8, 4) is 0 Å². The fourth-order valence-corrected chi connectivity index (χ4v) is 4.99. The van der Waals surface area contributed by atoms with Gasteiger partial charge in [0, 0.05) is 5.75 Å². The fourth-order valence-electron chi connectivity index (χ4n) is 3.50.